The maximum atomic E-state index is 13.8. The first-order valence-electron chi connectivity index (χ1n) is 15.5. The van der Waals surface area contributed by atoms with Crippen molar-refractivity contribution in [2.75, 3.05) is 51.7 Å². The summed E-state index contributed by atoms with van der Waals surface area (Å²) < 4.78 is 10.2. The van der Waals surface area contributed by atoms with Gasteiger partial charge >= 0.3 is 18.1 Å². The summed E-state index contributed by atoms with van der Waals surface area (Å²) >= 11 is 1.47. The number of aromatic nitrogens is 1. The zero-order valence-corrected chi connectivity index (χ0v) is 27.1. The normalized spacial score (nSPS) is 22.2. The van der Waals surface area contributed by atoms with Crippen LogP contribution >= 0.6 is 11.3 Å². The molecule has 1 aromatic rings. The fourth-order valence-corrected chi connectivity index (χ4v) is 6.93. The monoisotopic (exact) mass is 620 g/mol. The summed E-state index contributed by atoms with van der Waals surface area (Å²) in [5.41, 5.74) is -0.537. The SMILES string of the molecule is COC(=O)CC(=O)N1CCN(Cc2cnc(NC(=O)N(C3CCC(C)CC3)C3CCN(C(=O)OC(C)(C)C)CC3)s2)CC1. The molecule has 0 atom stereocenters. The molecule has 0 spiro atoms. The molecule has 1 aromatic heterocycles. The van der Waals surface area contributed by atoms with Crippen molar-refractivity contribution in [2.45, 2.75) is 96.9 Å². The molecule has 240 valence electrons. The number of urea groups is 1. The predicted molar refractivity (Wildman–Crippen MR) is 164 cm³/mol. The number of ether oxygens (including phenoxy) is 2. The Kier molecular flexibility index (Phi) is 11.3. The highest BCUT2D eigenvalue weighted by Crippen LogP contribution is 2.32. The van der Waals surface area contributed by atoms with Crippen LogP contribution in [0, 0.1) is 5.92 Å². The van der Waals surface area contributed by atoms with Gasteiger partial charge in [0.15, 0.2) is 5.13 Å². The molecule has 12 nitrogen and oxygen atoms in total. The van der Waals surface area contributed by atoms with Crippen LogP contribution in [-0.2, 0) is 25.6 Å². The van der Waals surface area contributed by atoms with Crippen LogP contribution in [0.5, 0.6) is 0 Å². The number of carbonyl (C=O) groups is 4. The molecular formula is C30H48N6O6S. The average molecular weight is 621 g/mol. The molecule has 0 unspecified atom stereocenters. The van der Waals surface area contributed by atoms with Crippen LogP contribution in [0.25, 0.3) is 0 Å². The number of esters is 1. The Balaban J connectivity index is 1.32. The van der Waals surface area contributed by atoms with Gasteiger partial charge in [-0.25, -0.2) is 14.6 Å². The Morgan fingerprint density at radius 1 is 0.953 bits per heavy atom. The van der Waals surface area contributed by atoms with Gasteiger partial charge in [-0.15, -0.1) is 11.3 Å². The van der Waals surface area contributed by atoms with Gasteiger partial charge in [-0.3, -0.25) is 19.8 Å². The summed E-state index contributed by atoms with van der Waals surface area (Å²) in [6.45, 7) is 12.2. The summed E-state index contributed by atoms with van der Waals surface area (Å²) in [4.78, 5) is 63.4. The zero-order valence-electron chi connectivity index (χ0n) is 26.3. The van der Waals surface area contributed by atoms with E-state index < -0.39 is 11.6 Å². The average Bonchev–Trinajstić information content (AvgIpc) is 3.40. The van der Waals surface area contributed by atoms with Crippen molar-refractivity contribution in [3.8, 4) is 0 Å². The maximum absolute atomic E-state index is 13.8. The second kappa shape index (κ2) is 14.7. The number of hydrogen-bond donors (Lipinski definition) is 1. The van der Waals surface area contributed by atoms with Gasteiger partial charge in [-0.1, -0.05) is 6.92 Å². The lowest BCUT2D eigenvalue weighted by molar-refractivity contribution is -0.147. The molecule has 4 amide bonds. The third-order valence-corrected chi connectivity index (χ3v) is 9.42. The van der Waals surface area contributed by atoms with Crippen molar-refractivity contribution < 1.29 is 28.7 Å². The molecule has 2 saturated heterocycles. The predicted octanol–water partition coefficient (Wildman–Crippen LogP) is 4.16. The summed E-state index contributed by atoms with van der Waals surface area (Å²) in [6.07, 6.45) is 6.90. The summed E-state index contributed by atoms with van der Waals surface area (Å²) in [6, 6.07) is 0.107. The fraction of sp³-hybridized carbons (Fsp3) is 0.767. The van der Waals surface area contributed by atoms with Crippen molar-refractivity contribution in [2.24, 2.45) is 5.92 Å². The number of amides is 4. The van der Waals surface area contributed by atoms with Crippen LogP contribution in [0.2, 0.25) is 0 Å². The van der Waals surface area contributed by atoms with Crippen LogP contribution in [0.15, 0.2) is 6.20 Å². The molecule has 13 heteroatoms. The molecule has 1 saturated carbocycles. The van der Waals surface area contributed by atoms with Crippen molar-refractivity contribution in [3.63, 3.8) is 0 Å². The Hall–Kier alpha value is -2.93. The van der Waals surface area contributed by atoms with Crippen LogP contribution in [-0.4, -0.2) is 113 Å². The molecular weight excluding hydrogens is 572 g/mol. The number of piperidine rings is 1. The number of carbonyl (C=O) groups excluding carboxylic acids is 4. The number of nitrogens with one attached hydrogen (secondary N) is 1. The Morgan fingerprint density at radius 2 is 1.58 bits per heavy atom. The van der Waals surface area contributed by atoms with E-state index in [1.165, 1.54) is 18.4 Å². The summed E-state index contributed by atoms with van der Waals surface area (Å²) in [5, 5.41) is 3.67. The van der Waals surface area contributed by atoms with E-state index in [9.17, 15) is 19.2 Å². The first-order chi connectivity index (χ1) is 20.4. The molecule has 3 fully saturated rings. The smallest absolute Gasteiger partial charge is 0.410 e. The zero-order chi connectivity index (χ0) is 31.1. The summed E-state index contributed by atoms with van der Waals surface area (Å²) in [7, 11) is 1.28. The number of piperazine rings is 1. The van der Waals surface area contributed by atoms with E-state index in [2.05, 4.69) is 26.9 Å². The van der Waals surface area contributed by atoms with Gasteiger partial charge in [0.05, 0.1) is 7.11 Å². The number of methoxy groups -OCH3 is 1. The van der Waals surface area contributed by atoms with Crippen LogP contribution < -0.4 is 5.32 Å². The first-order valence-corrected chi connectivity index (χ1v) is 16.3. The van der Waals surface area contributed by atoms with Gasteiger partial charge in [-0.05, 0) is 65.2 Å². The van der Waals surface area contributed by atoms with Gasteiger partial charge in [0.25, 0.3) is 0 Å². The molecule has 4 rings (SSSR count). The molecule has 2 aliphatic heterocycles. The summed E-state index contributed by atoms with van der Waals surface area (Å²) in [5.74, 6) is -0.0548. The molecule has 0 radical (unpaired) electrons. The Bertz CT molecular complexity index is 1110. The van der Waals surface area contributed by atoms with Crippen molar-refractivity contribution >= 4 is 40.5 Å². The van der Waals surface area contributed by atoms with Crippen LogP contribution in [0.1, 0.15) is 77.5 Å². The Morgan fingerprint density at radius 3 is 2.19 bits per heavy atom. The molecule has 43 heavy (non-hydrogen) atoms. The number of hydrogen-bond acceptors (Lipinski definition) is 9. The van der Waals surface area contributed by atoms with E-state index in [-0.39, 0.29) is 36.5 Å². The largest absolute Gasteiger partial charge is 0.469 e. The Labute approximate surface area is 259 Å². The highest BCUT2D eigenvalue weighted by Gasteiger charge is 2.37. The number of anilines is 1. The van der Waals surface area contributed by atoms with E-state index in [0.717, 1.165) is 43.4 Å². The van der Waals surface area contributed by atoms with Gasteiger partial charge in [0, 0.05) is 69.0 Å². The number of likely N-dealkylation sites (tertiary alicyclic amines) is 1. The molecule has 3 aliphatic rings. The van der Waals surface area contributed by atoms with Gasteiger partial charge in [0.2, 0.25) is 5.91 Å². The van der Waals surface area contributed by atoms with Crippen molar-refractivity contribution in [1.29, 1.82) is 0 Å². The lowest BCUT2D eigenvalue weighted by atomic mass is 9.85. The first kappa shape index (κ1) is 33.0. The van der Waals surface area contributed by atoms with Gasteiger partial charge in [-0.2, -0.15) is 0 Å². The maximum Gasteiger partial charge on any atom is 0.410 e. The highest BCUT2D eigenvalue weighted by atomic mass is 32.1. The van der Waals surface area contributed by atoms with Gasteiger partial charge in [0.1, 0.15) is 12.0 Å². The third kappa shape index (κ3) is 9.53. The number of nitrogens with zero attached hydrogens (tertiary/aromatic N) is 5. The second-order valence-electron chi connectivity index (χ2n) is 13.0. The number of thiazole rings is 1. The minimum Gasteiger partial charge on any atom is -0.469 e. The van der Waals surface area contributed by atoms with E-state index in [4.69, 9.17) is 4.74 Å². The highest BCUT2D eigenvalue weighted by molar-refractivity contribution is 7.15. The third-order valence-electron chi connectivity index (χ3n) is 8.52. The molecule has 3 heterocycles. The van der Waals surface area contributed by atoms with E-state index in [0.29, 0.717) is 56.9 Å². The second-order valence-corrected chi connectivity index (χ2v) is 14.1. The fourth-order valence-electron chi connectivity index (χ4n) is 6.08. The number of rotatable bonds is 7. The van der Waals surface area contributed by atoms with Crippen molar-refractivity contribution in [1.82, 2.24) is 24.6 Å². The van der Waals surface area contributed by atoms with E-state index >= 15 is 0 Å². The van der Waals surface area contributed by atoms with E-state index in [1.54, 1.807) is 16.0 Å². The minimum atomic E-state index is -0.537. The quantitative estimate of drug-likeness (QED) is 0.356. The minimum absolute atomic E-state index is 0.0507. The standard InChI is InChI=1S/C30H48N6O6S/c1-21-6-8-22(9-7-21)36(23-10-12-35(13-11-23)29(40)42-30(2,3)4)28(39)32-27-31-19-24(43-27)20-33-14-16-34(17-15-33)25(37)18-26(38)41-5/h19,21-23H,6-18,20H2,1-5H3,(H,31,32,39). The topological polar surface area (TPSA) is 125 Å². The van der Waals surface area contributed by atoms with Gasteiger partial charge < -0.3 is 24.2 Å². The lowest BCUT2D eigenvalue weighted by Crippen LogP contribution is -2.54. The molecule has 1 aliphatic carbocycles. The lowest BCUT2D eigenvalue weighted by Gasteiger charge is -2.44. The molecule has 1 N–H and O–H groups in total. The van der Waals surface area contributed by atoms with Crippen LogP contribution in [0.4, 0.5) is 14.7 Å². The van der Waals surface area contributed by atoms with Crippen molar-refractivity contribution in [3.05, 3.63) is 11.1 Å². The molecule has 0 bridgehead atoms. The van der Waals surface area contributed by atoms with E-state index in [1.807, 2.05) is 25.7 Å². The molecule has 0 aromatic carbocycles. The van der Waals surface area contributed by atoms with Crippen LogP contribution in [0.3, 0.4) is 0 Å².